The Kier molecular flexibility index (Phi) is 7.29. The van der Waals surface area contributed by atoms with Crippen LogP contribution in [0.15, 0.2) is 0 Å². The number of unbranched alkanes of at least 4 members (excludes halogenated alkanes) is 1. The molecular formula is C8H17NO2S. The summed E-state index contributed by atoms with van der Waals surface area (Å²) < 4.78 is 0. The van der Waals surface area contributed by atoms with Crippen LogP contribution in [0, 0.1) is 0 Å². The van der Waals surface area contributed by atoms with Crippen molar-refractivity contribution in [3.05, 3.63) is 0 Å². The van der Waals surface area contributed by atoms with E-state index in [1.54, 1.807) is 0 Å². The van der Waals surface area contributed by atoms with Gasteiger partial charge in [-0.3, -0.25) is 4.79 Å². The van der Waals surface area contributed by atoms with Gasteiger partial charge in [0.2, 0.25) is 0 Å². The Morgan fingerprint density at radius 2 is 2.33 bits per heavy atom. The Morgan fingerprint density at radius 3 is 2.75 bits per heavy atom. The van der Waals surface area contributed by atoms with Crippen LogP contribution in [0.25, 0.3) is 0 Å². The second-order valence-corrected chi connectivity index (χ2v) is 3.94. The number of hydrogen-bond donors (Lipinski definition) is 2. The second kappa shape index (κ2) is 7.43. The van der Waals surface area contributed by atoms with Crippen LogP contribution in [0.5, 0.6) is 0 Å². The summed E-state index contributed by atoms with van der Waals surface area (Å²) in [5, 5.41) is 8.51. The first-order chi connectivity index (χ1) is 5.72. The molecule has 0 heterocycles. The lowest BCUT2D eigenvalue weighted by Crippen LogP contribution is -2.18. The number of carbonyl (C=O) groups is 1. The first kappa shape index (κ1) is 11.8. The Balaban J connectivity index is 3.62. The summed E-state index contributed by atoms with van der Waals surface area (Å²) in [6.07, 6.45) is 2.79. The lowest BCUT2D eigenvalue weighted by Gasteiger charge is -2.09. The molecule has 0 radical (unpaired) electrons. The zero-order valence-corrected chi connectivity index (χ0v) is 8.27. The van der Waals surface area contributed by atoms with Crippen molar-refractivity contribution >= 4 is 17.7 Å². The average molecular weight is 191 g/mol. The molecule has 0 aromatic carbocycles. The zero-order chi connectivity index (χ0) is 9.40. The monoisotopic (exact) mass is 191 g/mol. The molecule has 0 aliphatic heterocycles. The molecule has 0 aliphatic carbocycles. The van der Waals surface area contributed by atoms with Crippen LogP contribution in [0.2, 0.25) is 0 Å². The molecule has 0 bridgehead atoms. The van der Waals surface area contributed by atoms with Gasteiger partial charge in [-0.25, -0.2) is 0 Å². The van der Waals surface area contributed by atoms with Crippen LogP contribution in [-0.4, -0.2) is 28.6 Å². The summed E-state index contributed by atoms with van der Waals surface area (Å²) >= 11 is 1.45. The van der Waals surface area contributed by atoms with Gasteiger partial charge in [-0.15, -0.1) is 11.8 Å². The van der Waals surface area contributed by atoms with Gasteiger partial charge in [-0.05, 0) is 6.42 Å². The van der Waals surface area contributed by atoms with Crippen LogP contribution in [-0.2, 0) is 4.79 Å². The fourth-order valence-corrected chi connectivity index (χ4v) is 1.77. The molecule has 3 N–H and O–H groups in total. The van der Waals surface area contributed by atoms with Gasteiger partial charge in [0.1, 0.15) is 5.25 Å². The van der Waals surface area contributed by atoms with Gasteiger partial charge in [0, 0.05) is 12.3 Å². The zero-order valence-electron chi connectivity index (χ0n) is 7.45. The van der Waals surface area contributed by atoms with Crippen LogP contribution in [0.3, 0.4) is 0 Å². The minimum Gasteiger partial charge on any atom is -0.480 e. The normalized spacial score (nSPS) is 12.8. The molecule has 12 heavy (non-hydrogen) atoms. The Bertz CT molecular complexity index is 122. The molecule has 72 valence electrons. The molecule has 4 heteroatoms. The van der Waals surface area contributed by atoms with Crippen molar-refractivity contribution in [2.45, 2.75) is 31.4 Å². The fraction of sp³-hybridized carbons (Fsp3) is 0.875. The smallest absolute Gasteiger partial charge is 0.316 e. The Hall–Kier alpha value is -0.220. The molecule has 3 nitrogen and oxygen atoms in total. The predicted molar refractivity (Wildman–Crippen MR) is 52.5 cm³/mol. The van der Waals surface area contributed by atoms with Crippen molar-refractivity contribution in [2.24, 2.45) is 5.73 Å². The summed E-state index contributed by atoms with van der Waals surface area (Å²) in [7, 11) is 0. The van der Waals surface area contributed by atoms with Crippen LogP contribution < -0.4 is 5.73 Å². The minimum atomic E-state index is -0.707. The average Bonchev–Trinajstić information content (AvgIpc) is 2.04. The summed E-state index contributed by atoms with van der Waals surface area (Å²) in [6, 6.07) is 0. The van der Waals surface area contributed by atoms with E-state index in [-0.39, 0.29) is 5.25 Å². The third-order valence-corrected chi connectivity index (χ3v) is 2.84. The van der Waals surface area contributed by atoms with Gasteiger partial charge in [0.15, 0.2) is 0 Å². The maximum Gasteiger partial charge on any atom is 0.316 e. The number of thioether (sulfide) groups is 1. The minimum absolute atomic E-state index is 0.256. The van der Waals surface area contributed by atoms with Gasteiger partial charge in [-0.2, -0.15) is 0 Å². The number of aliphatic carboxylic acids is 1. The van der Waals surface area contributed by atoms with Crippen LogP contribution in [0.4, 0.5) is 0 Å². The molecule has 0 rings (SSSR count). The maximum atomic E-state index is 10.6. The molecule has 0 aromatic heterocycles. The quantitative estimate of drug-likeness (QED) is 0.637. The molecule has 1 unspecified atom stereocenters. The molecule has 0 spiro atoms. The Labute approximate surface area is 77.7 Å². The summed E-state index contributed by atoms with van der Waals surface area (Å²) in [5.74, 6) is 0.0302. The van der Waals surface area contributed by atoms with E-state index in [4.69, 9.17) is 10.8 Å². The van der Waals surface area contributed by atoms with Crippen molar-refractivity contribution < 1.29 is 9.90 Å². The highest BCUT2D eigenvalue weighted by atomic mass is 32.2. The van der Waals surface area contributed by atoms with Gasteiger partial charge < -0.3 is 10.8 Å². The first-order valence-corrected chi connectivity index (χ1v) is 5.31. The number of rotatable bonds is 7. The molecule has 0 aromatic rings. The fourth-order valence-electron chi connectivity index (χ4n) is 0.878. The van der Waals surface area contributed by atoms with E-state index in [1.165, 1.54) is 11.8 Å². The second-order valence-electron chi connectivity index (χ2n) is 2.63. The summed E-state index contributed by atoms with van der Waals surface area (Å²) in [4.78, 5) is 10.6. The highest BCUT2D eigenvalue weighted by molar-refractivity contribution is 8.00. The first-order valence-electron chi connectivity index (χ1n) is 4.26. The summed E-state index contributed by atoms with van der Waals surface area (Å²) in [5.41, 5.74) is 5.29. The number of carboxylic acids is 1. The molecular weight excluding hydrogens is 174 g/mol. The van der Waals surface area contributed by atoms with E-state index in [1.807, 2.05) is 0 Å². The summed E-state index contributed by atoms with van der Waals surface area (Å²) in [6.45, 7) is 2.62. The Morgan fingerprint density at radius 1 is 1.67 bits per heavy atom. The molecule has 0 amide bonds. The van der Waals surface area contributed by atoms with Gasteiger partial charge in [-0.1, -0.05) is 19.8 Å². The van der Waals surface area contributed by atoms with Crippen LogP contribution >= 0.6 is 11.8 Å². The van der Waals surface area contributed by atoms with E-state index in [2.05, 4.69) is 6.92 Å². The highest BCUT2D eigenvalue weighted by Gasteiger charge is 2.15. The third kappa shape index (κ3) is 5.43. The van der Waals surface area contributed by atoms with Crippen molar-refractivity contribution in [3.63, 3.8) is 0 Å². The number of nitrogens with two attached hydrogens (primary N) is 1. The molecule has 0 fully saturated rings. The van der Waals surface area contributed by atoms with Crippen molar-refractivity contribution in [1.82, 2.24) is 0 Å². The van der Waals surface area contributed by atoms with Gasteiger partial charge in [0.25, 0.3) is 0 Å². The van der Waals surface area contributed by atoms with E-state index < -0.39 is 5.97 Å². The maximum absolute atomic E-state index is 10.6. The topological polar surface area (TPSA) is 63.3 Å². The van der Waals surface area contributed by atoms with E-state index >= 15 is 0 Å². The third-order valence-electron chi connectivity index (χ3n) is 1.53. The van der Waals surface area contributed by atoms with Crippen molar-refractivity contribution in [3.8, 4) is 0 Å². The lowest BCUT2D eigenvalue weighted by atomic mass is 10.2. The molecule has 0 aliphatic rings. The highest BCUT2D eigenvalue weighted by Crippen LogP contribution is 2.16. The van der Waals surface area contributed by atoms with E-state index in [0.717, 1.165) is 25.0 Å². The number of carboxylic acid groups (broad SMARTS) is 1. The van der Waals surface area contributed by atoms with Crippen molar-refractivity contribution in [2.75, 3.05) is 12.3 Å². The SMILES string of the molecule is CCCCC(SCCN)C(=O)O. The van der Waals surface area contributed by atoms with Gasteiger partial charge >= 0.3 is 5.97 Å². The lowest BCUT2D eigenvalue weighted by molar-refractivity contribution is -0.136. The van der Waals surface area contributed by atoms with E-state index in [9.17, 15) is 4.79 Å². The van der Waals surface area contributed by atoms with Crippen LogP contribution in [0.1, 0.15) is 26.2 Å². The van der Waals surface area contributed by atoms with Crippen molar-refractivity contribution in [1.29, 1.82) is 0 Å². The van der Waals surface area contributed by atoms with E-state index in [0.29, 0.717) is 6.54 Å². The standard InChI is InChI=1S/C8H17NO2S/c1-2-3-4-7(8(10)11)12-6-5-9/h7H,2-6,9H2,1H3,(H,10,11). The molecule has 0 saturated heterocycles. The van der Waals surface area contributed by atoms with Gasteiger partial charge in [0.05, 0.1) is 0 Å². The molecule has 0 saturated carbocycles. The predicted octanol–water partition coefficient (Wildman–Crippen LogP) is 1.32. The largest absolute Gasteiger partial charge is 0.480 e. The molecule has 1 atom stereocenters. The number of hydrogen-bond acceptors (Lipinski definition) is 3.